The molecule has 4 rings (SSSR count). The van der Waals surface area contributed by atoms with Crippen molar-refractivity contribution in [1.82, 2.24) is 9.88 Å². The number of benzene rings is 2. The summed E-state index contributed by atoms with van der Waals surface area (Å²) in [6, 6.07) is 15.1. The standard InChI is InChI=1S/C26H28ClN5O2/c1-4-18-17-28-24(16-21(18)26(33)30-25-22(27)6-5-7-23(25)34-3)29-19-8-10-20(11-9-19)32-14-12-31(2)13-15-32/h4-11,16-17H,1,12-15H2,2-3H3,(H,28,29)(H,30,33). The number of amides is 1. The van der Waals surface area contributed by atoms with Gasteiger partial charge in [-0.2, -0.15) is 0 Å². The minimum absolute atomic E-state index is 0.336. The van der Waals surface area contributed by atoms with Crippen LogP contribution in [0.2, 0.25) is 5.02 Å². The monoisotopic (exact) mass is 477 g/mol. The van der Waals surface area contributed by atoms with Gasteiger partial charge in [0.2, 0.25) is 0 Å². The second-order valence-corrected chi connectivity index (χ2v) is 8.50. The molecule has 34 heavy (non-hydrogen) atoms. The highest BCUT2D eigenvalue weighted by atomic mass is 35.5. The van der Waals surface area contributed by atoms with Crippen molar-refractivity contribution in [2.24, 2.45) is 0 Å². The largest absolute Gasteiger partial charge is 0.495 e. The summed E-state index contributed by atoms with van der Waals surface area (Å²) >= 11 is 6.28. The number of ether oxygens (including phenoxy) is 1. The van der Waals surface area contributed by atoms with Gasteiger partial charge in [0.25, 0.3) is 5.91 Å². The summed E-state index contributed by atoms with van der Waals surface area (Å²) in [4.78, 5) is 22.3. The van der Waals surface area contributed by atoms with E-state index in [4.69, 9.17) is 16.3 Å². The lowest BCUT2D eigenvalue weighted by Crippen LogP contribution is -2.44. The van der Waals surface area contributed by atoms with Gasteiger partial charge >= 0.3 is 0 Å². The average Bonchev–Trinajstić information content (AvgIpc) is 2.86. The highest BCUT2D eigenvalue weighted by Gasteiger charge is 2.17. The smallest absolute Gasteiger partial charge is 0.256 e. The average molecular weight is 478 g/mol. The molecule has 1 aliphatic heterocycles. The number of methoxy groups -OCH3 is 1. The number of hydrogen-bond acceptors (Lipinski definition) is 6. The fourth-order valence-electron chi connectivity index (χ4n) is 3.84. The van der Waals surface area contributed by atoms with E-state index in [0.717, 1.165) is 31.9 Å². The molecule has 0 atom stereocenters. The summed E-state index contributed by atoms with van der Waals surface area (Å²) < 4.78 is 5.33. The maximum absolute atomic E-state index is 13.1. The first-order valence-electron chi connectivity index (χ1n) is 11.1. The highest BCUT2D eigenvalue weighted by molar-refractivity contribution is 6.34. The number of piperazine rings is 1. The van der Waals surface area contributed by atoms with E-state index < -0.39 is 0 Å². The molecule has 7 nitrogen and oxygen atoms in total. The Morgan fingerprint density at radius 3 is 2.56 bits per heavy atom. The molecule has 0 saturated carbocycles. The molecule has 0 bridgehead atoms. The van der Waals surface area contributed by atoms with Crippen LogP contribution in [0.5, 0.6) is 5.75 Å². The lowest BCUT2D eigenvalue weighted by molar-refractivity contribution is 0.102. The summed E-state index contributed by atoms with van der Waals surface area (Å²) in [6.45, 7) is 7.96. The number of pyridine rings is 1. The van der Waals surface area contributed by atoms with E-state index in [1.54, 1.807) is 36.5 Å². The van der Waals surface area contributed by atoms with E-state index in [-0.39, 0.29) is 5.91 Å². The molecule has 1 fully saturated rings. The van der Waals surface area contributed by atoms with Crippen molar-refractivity contribution in [1.29, 1.82) is 0 Å². The van der Waals surface area contributed by atoms with Crippen LogP contribution >= 0.6 is 11.6 Å². The molecule has 0 unspecified atom stereocenters. The molecular weight excluding hydrogens is 450 g/mol. The molecule has 176 valence electrons. The van der Waals surface area contributed by atoms with Crippen LogP contribution in [0, 0.1) is 0 Å². The maximum atomic E-state index is 13.1. The lowest BCUT2D eigenvalue weighted by Gasteiger charge is -2.34. The molecule has 0 radical (unpaired) electrons. The molecule has 2 aromatic carbocycles. The van der Waals surface area contributed by atoms with Gasteiger partial charge in [-0.15, -0.1) is 0 Å². The zero-order valence-electron chi connectivity index (χ0n) is 19.3. The molecule has 8 heteroatoms. The zero-order valence-corrected chi connectivity index (χ0v) is 20.1. The summed E-state index contributed by atoms with van der Waals surface area (Å²) in [5, 5.41) is 6.52. The Kier molecular flexibility index (Phi) is 7.35. The number of likely N-dealkylation sites (N-methyl/N-ethyl adjacent to an activating group) is 1. The maximum Gasteiger partial charge on any atom is 0.256 e. The van der Waals surface area contributed by atoms with Gasteiger partial charge < -0.3 is 25.2 Å². The first-order chi connectivity index (χ1) is 16.5. The van der Waals surface area contributed by atoms with E-state index in [2.05, 4.69) is 51.2 Å². The third-order valence-corrected chi connectivity index (χ3v) is 6.16. The van der Waals surface area contributed by atoms with Crippen LogP contribution in [-0.4, -0.2) is 56.1 Å². The van der Waals surface area contributed by atoms with Gasteiger partial charge in [-0.3, -0.25) is 4.79 Å². The number of hydrogen-bond donors (Lipinski definition) is 2. The Labute approximate surface area is 205 Å². The SMILES string of the molecule is C=Cc1cnc(Nc2ccc(N3CCN(C)CC3)cc2)cc1C(=O)Nc1c(Cl)cccc1OC. The number of aromatic nitrogens is 1. The normalized spacial score (nSPS) is 13.9. The zero-order chi connectivity index (χ0) is 24.1. The summed E-state index contributed by atoms with van der Waals surface area (Å²) in [5.74, 6) is 0.695. The molecule has 0 aliphatic carbocycles. The van der Waals surface area contributed by atoms with Crippen molar-refractivity contribution in [3.05, 3.63) is 77.5 Å². The van der Waals surface area contributed by atoms with E-state index in [1.165, 1.54) is 12.8 Å². The quantitative estimate of drug-likeness (QED) is 0.491. The summed E-state index contributed by atoms with van der Waals surface area (Å²) in [5.41, 5.74) is 3.53. The minimum Gasteiger partial charge on any atom is -0.495 e. The van der Waals surface area contributed by atoms with Gasteiger partial charge in [-0.1, -0.05) is 30.3 Å². The lowest BCUT2D eigenvalue weighted by atomic mass is 10.1. The number of halogens is 1. The Balaban J connectivity index is 1.51. The Morgan fingerprint density at radius 1 is 1.15 bits per heavy atom. The van der Waals surface area contributed by atoms with Crippen LogP contribution in [0.15, 0.2) is 61.3 Å². The van der Waals surface area contributed by atoms with Gasteiger partial charge in [0.15, 0.2) is 0 Å². The first kappa shape index (κ1) is 23.6. The molecule has 1 aliphatic rings. The Hall–Kier alpha value is -3.55. The number of nitrogens with one attached hydrogen (secondary N) is 2. The number of nitrogens with zero attached hydrogens (tertiary/aromatic N) is 3. The van der Waals surface area contributed by atoms with Crippen molar-refractivity contribution in [3.63, 3.8) is 0 Å². The number of para-hydroxylation sites is 1. The number of carbonyl (C=O) groups excluding carboxylic acids is 1. The van der Waals surface area contributed by atoms with Crippen molar-refractivity contribution < 1.29 is 9.53 Å². The Bertz CT molecular complexity index is 1170. The van der Waals surface area contributed by atoms with Gasteiger partial charge in [0.05, 0.1) is 17.7 Å². The van der Waals surface area contributed by atoms with Gasteiger partial charge in [-0.05, 0) is 49.5 Å². The second-order valence-electron chi connectivity index (χ2n) is 8.09. The predicted octanol–water partition coefficient (Wildman–Crippen LogP) is 5.13. The summed E-state index contributed by atoms with van der Waals surface area (Å²) in [6.07, 6.45) is 3.22. The molecule has 1 saturated heterocycles. The molecule has 1 amide bonds. The van der Waals surface area contributed by atoms with Gasteiger partial charge in [-0.25, -0.2) is 4.98 Å². The third-order valence-electron chi connectivity index (χ3n) is 5.84. The molecule has 1 aromatic heterocycles. The van der Waals surface area contributed by atoms with E-state index >= 15 is 0 Å². The molecule has 2 heterocycles. The fraction of sp³-hybridized carbons (Fsp3) is 0.231. The number of rotatable bonds is 7. The van der Waals surface area contributed by atoms with Crippen LogP contribution < -0.4 is 20.3 Å². The minimum atomic E-state index is -0.336. The van der Waals surface area contributed by atoms with Crippen LogP contribution in [-0.2, 0) is 0 Å². The van der Waals surface area contributed by atoms with Crippen LogP contribution in [0.4, 0.5) is 22.9 Å². The predicted molar refractivity (Wildman–Crippen MR) is 140 cm³/mol. The molecular formula is C26H28ClN5O2. The van der Waals surface area contributed by atoms with Gasteiger partial charge in [0, 0.05) is 49.3 Å². The van der Waals surface area contributed by atoms with Crippen LogP contribution in [0.1, 0.15) is 15.9 Å². The van der Waals surface area contributed by atoms with E-state index in [1.807, 2.05) is 12.1 Å². The third kappa shape index (κ3) is 5.32. The number of carbonyl (C=O) groups is 1. The van der Waals surface area contributed by atoms with E-state index in [0.29, 0.717) is 33.4 Å². The van der Waals surface area contributed by atoms with Crippen molar-refractivity contribution in [3.8, 4) is 5.75 Å². The first-order valence-corrected chi connectivity index (χ1v) is 11.4. The van der Waals surface area contributed by atoms with Crippen molar-refractivity contribution in [2.45, 2.75) is 0 Å². The molecule has 2 N–H and O–H groups in total. The fourth-order valence-corrected chi connectivity index (χ4v) is 4.05. The van der Waals surface area contributed by atoms with Crippen molar-refractivity contribution in [2.75, 3.05) is 55.9 Å². The van der Waals surface area contributed by atoms with E-state index in [9.17, 15) is 4.79 Å². The topological polar surface area (TPSA) is 69.7 Å². The Morgan fingerprint density at radius 2 is 1.88 bits per heavy atom. The van der Waals surface area contributed by atoms with Gasteiger partial charge in [0.1, 0.15) is 17.3 Å². The molecule has 0 spiro atoms. The van der Waals surface area contributed by atoms with Crippen molar-refractivity contribution >= 4 is 46.5 Å². The van der Waals surface area contributed by atoms with Crippen LogP contribution in [0.3, 0.4) is 0 Å². The second kappa shape index (κ2) is 10.6. The summed E-state index contributed by atoms with van der Waals surface area (Å²) in [7, 11) is 3.68. The highest BCUT2D eigenvalue weighted by Crippen LogP contribution is 2.33. The molecule has 3 aromatic rings. The number of anilines is 4. The van der Waals surface area contributed by atoms with Crippen LogP contribution in [0.25, 0.3) is 6.08 Å².